The third kappa shape index (κ3) is 3.80. The summed E-state index contributed by atoms with van der Waals surface area (Å²) in [5.41, 5.74) is 3.51. The highest BCUT2D eigenvalue weighted by atomic mass is 16.2. The van der Waals surface area contributed by atoms with Gasteiger partial charge in [0.1, 0.15) is 0 Å². The molecule has 1 aliphatic carbocycles. The van der Waals surface area contributed by atoms with E-state index in [1.165, 1.54) is 17.5 Å². The molecular formula is C20H28N2O2. The average Bonchev–Trinajstić information content (AvgIpc) is 2.74. The van der Waals surface area contributed by atoms with Crippen LogP contribution in [0.4, 0.5) is 0 Å². The van der Waals surface area contributed by atoms with Gasteiger partial charge in [0.05, 0.1) is 6.42 Å². The molecule has 4 nitrogen and oxygen atoms in total. The fourth-order valence-electron chi connectivity index (χ4n) is 3.62. The fourth-order valence-corrected chi connectivity index (χ4v) is 3.62. The van der Waals surface area contributed by atoms with Crippen molar-refractivity contribution in [1.29, 1.82) is 0 Å². The van der Waals surface area contributed by atoms with E-state index in [9.17, 15) is 9.59 Å². The number of amides is 2. The number of hydrogen-bond acceptors (Lipinski definition) is 2. The van der Waals surface area contributed by atoms with Crippen LogP contribution >= 0.6 is 0 Å². The van der Waals surface area contributed by atoms with Crippen LogP contribution in [0.25, 0.3) is 0 Å². The molecule has 3 rings (SSSR count). The van der Waals surface area contributed by atoms with Crippen molar-refractivity contribution in [2.45, 2.75) is 46.0 Å². The van der Waals surface area contributed by atoms with E-state index in [-0.39, 0.29) is 11.8 Å². The first-order valence-electron chi connectivity index (χ1n) is 9.17. The molecular weight excluding hydrogens is 300 g/mol. The lowest BCUT2D eigenvalue weighted by Gasteiger charge is -2.31. The topological polar surface area (TPSA) is 40.6 Å². The molecule has 0 spiro atoms. The SMILES string of the molecule is Cc1ccc(CC(=O)N2CCCN(C(=O)C3CCC3)CC2)c(C)c1. The van der Waals surface area contributed by atoms with E-state index in [0.29, 0.717) is 25.4 Å². The molecule has 2 amide bonds. The predicted molar refractivity (Wildman–Crippen MR) is 94.7 cm³/mol. The molecule has 0 atom stereocenters. The standard InChI is InChI=1S/C20H28N2O2/c1-15-7-8-18(16(2)13-15)14-19(23)21-9-4-10-22(12-11-21)20(24)17-5-3-6-17/h7-8,13,17H,3-6,9-12,14H2,1-2H3. The van der Waals surface area contributed by atoms with Crippen molar-refractivity contribution >= 4 is 11.8 Å². The average molecular weight is 328 g/mol. The molecule has 2 fully saturated rings. The lowest BCUT2D eigenvalue weighted by molar-refractivity contribution is -0.138. The zero-order chi connectivity index (χ0) is 17.1. The van der Waals surface area contributed by atoms with Crippen molar-refractivity contribution in [3.05, 3.63) is 34.9 Å². The minimum atomic E-state index is 0.180. The highest BCUT2D eigenvalue weighted by molar-refractivity contribution is 5.81. The number of benzene rings is 1. The summed E-state index contributed by atoms with van der Waals surface area (Å²) < 4.78 is 0. The number of carbonyl (C=O) groups is 2. The summed E-state index contributed by atoms with van der Waals surface area (Å²) in [5, 5.41) is 0. The van der Waals surface area contributed by atoms with Crippen molar-refractivity contribution in [2.75, 3.05) is 26.2 Å². The van der Waals surface area contributed by atoms with Gasteiger partial charge >= 0.3 is 0 Å². The zero-order valence-electron chi connectivity index (χ0n) is 14.9. The lowest BCUT2D eigenvalue weighted by Crippen LogP contribution is -2.41. The highest BCUT2D eigenvalue weighted by Crippen LogP contribution is 2.28. The maximum Gasteiger partial charge on any atom is 0.227 e. The first kappa shape index (κ1) is 17.0. The maximum atomic E-state index is 12.7. The van der Waals surface area contributed by atoms with Gasteiger partial charge in [0.2, 0.25) is 11.8 Å². The summed E-state index contributed by atoms with van der Waals surface area (Å²) in [6.07, 6.45) is 4.62. The molecule has 24 heavy (non-hydrogen) atoms. The first-order chi connectivity index (χ1) is 11.5. The van der Waals surface area contributed by atoms with Crippen LogP contribution in [0, 0.1) is 19.8 Å². The summed E-state index contributed by atoms with van der Waals surface area (Å²) in [7, 11) is 0. The summed E-state index contributed by atoms with van der Waals surface area (Å²) >= 11 is 0. The smallest absolute Gasteiger partial charge is 0.227 e. The molecule has 1 saturated heterocycles. The van der Waals surface area contributed by atoms with Crippen molar-refractivity contribution in [3.63, 3.8) is 0 Å². The van der Waals surface area contributed by atoms with Gasteiger partial charge in [-0.2, -0.15) is 0 Å². The molecule has 4 heteroatoms. The van der Waals surface area contributed by atoms with Gasteiger partial charge in [-0.15, -0.1) is 0 Å². The van der Waals surface area contributed by atoms with E-state index in [2.05, 4.69) is 32.0 Å². The van der Waals surface area contributed by atoms with E-state index in [1.54, 1.807) is 0 Å². The molecule has 1 saturated carbocycles. The van der Waals surface area contributed by atoms with Crippen molar-refractivity contribution in [3.8, 4) is 0 Å². The fraction of sp³-hybridized carbons (Fsp3) is 0.600. The van der Waals surface area contributed by atoms with E-state index >= 15 is 0 Å². The third-order valence-corrected chi connectivity index (χ3v) is 5.45. The van der Waals surface area contributed by atoms with E-state index in [4.69, 9.17) is 0 Å². The molecule has 0 bridgehead atoms. The van der Waals surface area contributed by atoms with E-state index < -0.39 is 0 Å². The molecule has 0 radical (unpaired) electrons. The normalized spacial score (nSPS) is 18.9. The van der Waals surface area contributed by atoms with Crippen molar-refractivity contribution < 1.29 is 9.59 Å². The molecule has 1 aromatic carbocycles. The van der Waals surface area contributed by atoms with Crippen LogP contribution in [-0.4, -0.2) is 47.8 Å². The van der Waals surface area contributed by atoms with Gasteiger partial charge in [0, 0.05) is 32.1 Å². The lowest BCUT2D eigenvalue weighted by atomic mass is 9.84. The summed E-state index contributed by atoms with van der Waals surface area (Å²) in [6, 6.07) is 6.26. The summed E-state index contributed by atoms with van der Waals surface area (Å²) in [5.74, 6) is 0.743. The Morgan fingerprint density at radius 3 is 2.38 bits per heavy atom. The first-order valence-corrected chi connectivity index (χ1v) is 9.17. The molecule has 1 heterocycles. The number of rotatable bonds is 3. The zero-order valence-corrected chi connectivity index (χ0v) is 14.9. The van der Waals surface area contributed by atoms with Gasteiger partial charge in [-0.25, -0.2) is 0 Å². The van der Waals surface area contributed by atoms with Gasteiger partial charge in [-0.3, -0.25) is 9.59 Å². The van der Waals surface area contributed by atoms with Crippen LogP contribution in [-0.2, 0) is 16.0 Å². The van der Waals surface area contributed by atoms with Crippen LogP contribution in [0.1, 0.15) is 42.4 Å². The largest absolute Gasteiger partial charge is 0.341 e. The highest BCUT2D eigenvalue weighted by Gasteiger charge is 2.30. The van der Waals surface area contributed by atoms with Gasteiger partial charge < -0.3 is 9.80 Å². The molecule has 1 aromatic rings. The molecule has 0 N–H and O–H groups in total. The van der Waals surface area contributed by atoms with Gasteiger partial charge in [0.25, 0.3) is 0 Å². The number of nitrogens with zero attached hydrogens (tertiary/aromatic N) is 2. The van der Waals surface area contributed by atoms with Crippen LogP contribution < -0.4 is 0 Å². The number of carbonyl (C=O) groups excluding carboxylic acids is 2. The van der Waals surface area contributed by atoms with Crippen molar-refractivity contribution in [1.82, 2.24) is 9.80 Å². The Morgan fingerprint density at radius 1 is 1.00 bits per heavy atom. The number of hydrogen-bond donors (Lipinski definition) is 0. The number of aryl methyl sites for hydroxylation is 2. The van der Waals surface area contributed by atoms with Gasteiger partial charge in [-0.05, 0) is 44.2 Å². The Balaban J connectivity index is 1.57. The van der Waals surface area contributed by atoms with Crippen LogP contribution in [0.3, 0.4) is 0 Å². The summed E-state index contributed by atoms with van der Waals surface area (Å²) in [6.45, 7) is 7.05. The minimum Gasteiger partial charge on any atom is -0.341 e. The Bertz CT molecular complexity index is 622. The molecule has 130 valence electrons. The van der Waals surface area contributed by atoms with Crippen LogP contribution in [0.15, 0.2) is 18.2 Å². The Labute approximate surface area is 144 Å². The Kier molecular flexibility index (Phi) is 5.22. The molecule has 0 unspecified atom stereocenters. The Hall–Kier alpha value is -1.84. The maximum absolute atomic E-state index is 12.7. The van der Waals surface area contributed by atoms with E-state index in [1.807, 2.05) is 9.80 Å². The van der Waals surface area contributed by atoms with Crippen molar-refractivity contribution in [2.24, 2.45) is 5.92 Å². The second kappa shape index (κ2) is 7.37. The summed E-state index contributed by atoms with van der Waals surface area (Å²) in [4.78, 5) is 29.0. The second-order valence-corrected chi connectivity index (χ2v) is 7.29. The third-order valence-electron chi connectivity index (χ3n) is 5.45. The quantitative estimate of drug-likeness (QED) is 0.856. The monoisotopic (exact) mass is 328 g/mol. The minimum absolute atomic E-state index is 0.180. The van der Waals surface area contributed by atoms with Gasteiger partial charge in [-0.1, -0.05) is 30.2 Å². The predicted octanol–water partition coefficient (Wildman–Crippen LogP) is 2.71. The van der Waals surface area contributed by atoms with E-state index in [0.717, 1.165) is 37.9 Å². The van der Waals surface area contributed by atoms with Crippen LogP contribution in [0.2, 0.25) is 0 Å². The van der Waals surface area contributed by atoms with Crippen LogP contribution in [0.5, 0.6) is 0 Å². The molecule has 2 aliphatic rings. The second-order valence-electron chi connectivity index (χ2n) is 7.29. The molecule has 0 aromatic heterocycles. The Morgan fingerprint density at radius 2 is 1.71 bits per heavy atom. The molecule has 1 aliphatic heterocycles. The van der Waals surface area contributed by atoms with Gasteiger partial charge in [0.15, 0.2) is 0 Å².